The molecule has 1 unspecified atom stereocenters. The van der Waals surface area contributed by atoms with Crippen molar-refractivity contribution in [3.05, 3.63) is 42.1 Å². The number of aryl methyl sites for hydroxylation is 1. The summed E-state index contributed by atoms with van der Waals surface area (Å²) in [4.78, 5) is 25.6. The van der Waals surface area contributed by atoms with Crippen LogP contribution in [0.3, 0.4) is 0 Å². The lowest BCUT2D eigenvalue weighted by Crippen LogP contribution is -2.65. The lowest BCUT2D eigenvalue weighted by molar-refractivity contribution is -0.160. The molecule has 4 aromatic rings. The highest BCUT2D eigenvalue weighted by atomic mass is 16.5. The average molecular weight is 498 g/mol. The Labute approximate surface area is 215 Å². The number of imidazole rings is 1. The van der Waals surface area contributed by atoms with Crippen LogP contribution in [0.2, 0.25) is 0 Å². The molecule has 8 rings (SSSR count). The molecule has 1 amide bonds. The van der Waals surface area contributed by atoms with Gasteiger partial charge in [0.2, 0.25) is 0 Å². The molecular weight excluding hydrogens is 466 g/mol. The third-order valence-corrected chi connectivity index (χ3v) is 9.51. The van der Waals surface area contributed by atoms with Gasteiger partial charge in [0.1, 0.15) is 16.9 Å². The van der Waals surface area contributed by atoms with Gasteiger partial charge in [-0.15, -0.1) is 0 Å². The van der Waals surface area contributed by atoms with Gasteiger partial charge >= 0.3 is 0 Å². The van der Waals surface area contributed by atoms with Crippen molar-refractivity contribution in [2.24, 2.45) is 30.7 Å². The molecule has 3 aliphatic carbocycles. The van der Waals surface area contributed by atoms with E-state index in [4.69, 9.17) is 14.5 Å². The number of benzene rings is 1. The molecule has 4 fully saturated rings. The molecule has 1 aliphatic heterocycles. The maximum Gasteiger partial charge on any atom is 0.254 e. The molecule has 0 N–H and O–H groups in total. The van der Waals surface area contributed by atoms with Gasteiger partial charge in [-0.2, -0.15) is 0 Å². The lowest BCUT2D eigenvalue weighted by atomic mass is 9.51. The molecule has 8 heteroatoms. The van der Waals surface area contributed by atoms with E-state index in [1.54, 1.807) is 14.2 Å². The summed E-state index contributed by atoms with van der Waals surface area (Å²) < 4.78 is 16.0. The predicted octanol–water partition coefficient (Wildman–Crippen LogP) is 4.11. The molecule has 0 bridgehead atoms. The highest BCUT2D eigenvalue weighted by Crippen LogP contribution is 2.61. The first-order valence-corrected chi connectivity index (χ1v) is 13.4. The van der Waals surface area contributed by atoms with Crippen molar-refractivity contribution in [3.8, 4) is 17.3 Å². The first-order chi connectivity index (χ1) is 18.1. The maximum atomic E-state index is 13.8. The molecule has 1 aromatic carbocycles. The second-order valence-corrected chi connectivity index (χ2v) is 11.4. The number of fused-ring (bicyclic) bond motifs is 2. The summed E-state index contributed by atoms with van der Waals surface area (Å²) in [6.07, 6.45) is 5.73. The van der Waals surface area contributed by atoms with Gasteiger partial charge in [0, 0.05) is 44.4 Å². The Kier molecular flexibility index (Phi) is 4.43. The first-order valence-electron chi connectivity index (χ1n) is 13.4. The minimum atomic E-state index is 0.0550. The van der Waals surface area contributed by atoms with Gasteiger partial charge in [-0.05, 0) is 73.3 Å². The largest absolute Gasteiger partial charge is 0.494 e. The Morgan fingerprint density at radius 3 is 2.84 bits per heavy atom. The molecule has 0 radical (unpaired) electrons. The maximum absolute atomic E-state index is 13.8. The van der Waals surface area contributed by atoms with Crippen LogP contribution in [0.4, 0.5) is 0 Å². The number of ether oxygens (including phenoxy) is 2. The van der Waals surface area contributed by atoms with Crippen molar-refractivity contribution in [2.75, 3.05) is 20.8 Å². The Morgan fingerprint density at radius 1 is 1.19 bits per heavy atom. The Balaban J connectivity index is 1.23. The molecular formula is C29H31N5O3. The fraction of sp³-hybridized carbons (Fsp3) is 0.483. The Bertz CT molecular complexity index is 1580. The first kappa shape index (κ1) is 21.7. The van der Waals surface area contributed by atoms with Crippen molar-refractivity contribution in [1.29, 1.82) is 0 Å². The van der Waals surface area contributed by atoms with Crippen LogP contribution in [0.25, 0.3) is 33.6 Å². The number of hydrogen-bond donors (Lipinski definition) is 0. The fourth-order valence-electron chi connectivity index (χ4n) is 7.52. The van der Waals surface area contributed by atoms with E-state index in [1.807, 2.05) is 31.4 Å². The number of amides is 1. The number of hydrogen-bond acceptors (Lipinski definition) is 5. The van der Waals surface area contributed by atoms with Crippen LogP contribution in [0.5, 0.6) is 5.75 Å². The van der Waals surface area contributed by atoms with E-state index in [9.17, 15) is 4.79 Å². The molecule has 3 aromatic heterocycles. The van der Waals surface area contributed by atoms with Crippen molar-refractivity contribution in [2.45, 2.75) is 38.0 Å². The molecule has 4 heterocycles. The monoisotopic (exact) mass is 497 g/mol. The molecule has 37 heavy (non-hydrogen) atoms. The van der Waals surface area contributed by atoms with E-state index in [1.165, 1.54) is 19.3 Å². The quantitative estimate of drug-likeness (QED) is 0.401. The topological polar surface area (TPSA) is 74.4 Å². The summed E-state index contributed by atoms with van der Waals surface area (Å²) in [5, 5.41) is 1.11. The number of carbonyl (C=O) groups is 1. The normalized spacial score (nSPS) is 27.9. The summed E-state index contributed by atoms with van der Waals surface area (Å²) in [5.74, 6) is 4.15. The standard InChI is InChI=1S/C29H31N5O3/c1-32-24-20(31-28(32)21-11-16-5-4-8-30-27(16)33(21)13-15-6-7-15)10-17(12-22(24)36-2)29(35)34-14-18-9-19-23(18)25(34)26(19)37-3/h4-5,8,10-12,15,18-19,23,25-26H,6-7,9,13-14H2,1-3H3/t18-,19?,23+,25+,26+/m1/s1. The van der Waals surface area contributed by atoms with Gasteiger partial charge in [0.25, 0.3) is 5.91 Å². The van der Waals surface area contributed by atoms with Crippen LogP contribution in [-0.4, -0.2) is 62.8 Å². The predicted molar refractivity (Wildman–Crippen MR) is 139 cm³/mol. The fourth-order valence-corrected chi connectivity index (χ4v) is 7.52. The summed E-state index contributed by atoms with van der Waals surface area (Å²) in [6.45, 7) is 1.77. The summed E-state index contributed by atoms with van der Waals surface area (Å²) in [5.41, 5.74) is 4.34. The zero-order valence-electron chi connectivity index (χ0n) is 21.4. The van der Waals surface area contributed by atoms with E-state index < -0.39 is 0 Å². The zero-order valence-corrected chi connectivity index (χ0v) is 21.4. The third-order valence-electron chi connectivity index (χ3n) is 9.51. The van der Waals surface area contributed by atoms with Gasteiger partial charge in [0.15, 0.2) is 5.82 Å². The molecule has 3 saturated carbocycles. The lowest BCUT2D eigenvalue weighted by Gasteiger charge is -2.58. The van der Waals surface area contributed by atoms with Gasteiger partial charge in [-0.1, -0.05) is 0 Å². The minimum Gasteiger partial charge on any atom is -0.494 e. The van der Waals surface area contributed by atoms with Gasteiger partial charge in [0.05, 0.1) is 30.5 Å². The number of carbonyl (C=O) groups excluding carboxylic acids is 1. The molecule has 5 atom stereocenters. The molecule has 8 nitrogen and oxygen atoms in total. The average Bonchev–Trinajstić information content (AvgIpc) is 3.55. The summed E-state index contributed by atoms with van der Waals surface area (Å²) in [7, 11) is 5.46. The molecule has 4 aliphatic rings. The zero-order chi connectivity index (χ0) is 25.0. The number of likely N-dealkylation sites (tertiary alicyclic amines) is 1. The van der Waals surface area contributed by atoms with Gasteiger partial charge in [-0.3, -0.25) is 4.79 Å². The number of methoxy groups -OCH3 is 2. The van der Waals surface area contributed by atoms with Crippen LogP contribution in [0.1, 0.15) is 29.6 Å². The molecule has 190 valence electrons. The van der Waals surface area contributed by atoms with E-state index in [-0.39, 0.29) is 18.1 Å². The number of pyridine rings is 1. The van der Waals surface area contributed by atoms with Crippen LogP contribution < -0.4 is 4.74 Å². The highest BCUT2D eigenvalue weighted by molar-refractivity contribution is 6.00. The number of aromatic nitrogens is 4. The second-order valence-electron chi connectivity index (χ2n) is 11.4. The molecule has 0 spiro atoms. The van der Waals surface area contributed by atoms with Crippen molar-refractivity contribution < 1.29 is 14.3 Å². The minimum absolute atomic E-state index is 0.0550. The second kappa shape index (κ2) is 7.57. The van der Waals surface area contributed by atoms with Crippen molar-refractivity contribution in [3.63, 3.8) is 0 Å². The number of nitrogens with zero attached hydrogens (tertiary/aromatic N) is 5. The molecule has 1 saturated heterocycles. The summed E-state index contributed by atoms with van der Waals surface area (Å²) >= 11 is 0. The van der Waals surface area contributed by atoms with Crippen LogP contribution >= 0.6 is 0 Å². The highest BCUT2D eigenvalue weighted by Gasteiger charge is 2.68. The van der Waals surface area contributed by atoms with E-state index in [2.05, 4.69) is 31.2 Å². The van der Waals surface area contributed by atoms with Crippen LogP contribution in [0.15, 0.2) is 36.5 Å². The van der Waals surface area contributed by atoms with Crippen molar-refractivity contribution in [1.82, 2.24) is 24.0 Å². The van der Waals surface area contributed by atoms with E-state index >= 15 is 0 Å². The van der Waals surface area contributed by atoms with E-state index in [0.29, 0.717) is 35.0 Å². The van der Waals surface area contributed by atoms with Crippen molar-refractivity contribution >= 4 is 28.0 Å². The van der Waals surface area contributed by atoms with Gasteiger partial charge < -0.3 is 23.5 Å². The van der Waals surface area contributed by atoms with E-state index in [0.717, 1.165) is 46.7 Å². The van der Waals surface area contributed by atoms with Crippen LogP contribution in [-0.2, 0) is 18.3 Å². The third kappa shape index (κ3) is 2.90. The Hall–Kier alpha value is -3.39. The van der Waals surface area contributed by atoms with Gasteiger partial charge in [-0.25, -0.2) is 9.97 Å². The smallest absolute Gasteiger partial charge is 0.254 e. The Morgan fingerprint density at radius 2 is 2.05 bits per heavy atom. The SMILES string of the molecule is COc1cc(C(=O)N2C[C@H]3CC4[C@H]3[C@H]2[C@H]4OC)cc2nc(-c3cc4cccnc4n3CC3CC3)n(C)c12. The summed E-state index contributed by atoms with van der Waals surface area (Å²) in [6, 6.07) is 10.3. The van der Waals surface area contributed by atoms with Crippen LogP contribution in [0, 0.1) is 23.7 Å². The number of rotatable bonds is 6.